The highest BCUT2D eigenvalue weighted by atomic mass is 79.9. The molecule has 0 unspecified atom stereocenters. The van der Waals surface area contributed by atoms with Crippen LogP contribution in [0.25, 0.3) is 0 Å². The zero-order valence-corrected chi connectivity index (χ0v) is 16.8. The highest BCUT2D eigenvalue weighted by molar-refractivity contribution is 9.11. The molecule has 0 aliphatic rings. The van der Waals surface area contributed by atoms with E-state index in [0.717, 1.165) is 21.3 Å². The summed E-state index contributed by atoms with van der Waals surface area (Å²) in [6.45, 7) is 0. The lowest BCUT2D eigenvalue weighted by atomic mass is 10.3. The Kier molecular flexibility index (Phi) is 7.24. The van der Waals surface area contributed by atoms with E-state index in [1.165, 1.54) is 6.07 Å². The zero-order chi connectivity index (χ0) is 16.9. The minimum Gasteiger partial charge on any atom is -0.397 e. The summed E-state index contributed by atoms with van der Waals surface area (Å²) in [6.07, 6.45) is 3.14. The van der Waals surface area contributed by atoms with Gasteiger partial charge in [-0.15, -0.1) is 11.8 Å². The molecule has 0 fully saturated rings. The highest BCUT2D eigenvalue weighted by Gasteiger charge is 2.12. The molecule has 8 heteroatoms. The molecule has 2 aromatic carbocycles. The van der Waals surface area contributed by atoms with Gasteiger partial charge in [0.05, 0.1) is 16.3 Å². The molecule has 0 bridgehead atoms. The first-order valence-electron chi connectivity index (χ1n) is 6.00. The van der Waals surface area contributed by atoms with E-state index >= 15 is 0 Å². The van der Waals surface area contributed by atoms with Gasteiger partial charge in [0.15, 0.2) is 9.84 Å². The molecular formula is C14H16Br2N2O2S2. The lowest BCUT2D eigenvalue weighted by molar-refractivity contribution is 0.602. The summed E-state index contributed by atoms with van der Waals surface area (Å²) in [4.78, 5) is 1.28. The third-order valence-corrected chi connectivity index (χ3v) is 5.98. The molecule has 0 spiro atoms. The molecule has 0 saturated heterocycles. The van der Waals surface area contributed by atoms with Gasteiger partial charge in [0, 0.05) is 20.1 Å². The maximum atomic E-state index is 11.1. The first-order chi connectivity index (χ1) is 10.2. The van der Waals surface area contributed by atoms with Crippen molar-refractivity contribution < 1.29 is 8.42 Å². The normalized spacial score (nSPS) is 10.7. The number of hydrogen-bond acceptors (Lipinski definition) is 5. The summed E-state index contributed by atoms with van der Waals surface area (Å²) in [5.41, 5.74) is 12.4. The Bertz CT molecular complexity index is 765. The van der Waals surface area contributed by atoms with Crippen LogP contribution in [0.5, 0.6) is 0 Å². The second kappa shape index (κ2) is 8.24. The van der Waals surface area contributed by atoms with Crippen molar-refractivity contribution in [1.29, 1.82) is 0 Å². The summed E-state index contributed by atoms with van der Waals surface area (Å²) in [6, 6.07) is 10.7. The van der Waals surface area contributed by atoms with Crippen molar-refractivity contribution in [2.75, 3.05) is 24.0 Å². The third kappa shape index (κ3) is 5.19. The fourth-order valence-electron chi connectivity index (χ4n) is 1.54. The predicted molar refractivity (Wildman–Crippen MR) is 102 cm³/mol. The molecule has 0 saturated carbocycles. The number of sulfone groups is 1. The molecule has 0 aliphatic heterocycles. The van der Waals surface area contributed by atoms with Gasteiger partial charge in [-0.25, -0.2) is 8.42 Å². The number of benzene rings is 2. The van der Waals surface area contributed by atoms with Crippen molar-refractivity contribution in [2.24, 2.45) is 0 Å². The summed E-state index contributed by atoms with van der Waals surface area (Å²) >= 11 is 8.15. The van der Waals surface area contributed by atoms with Crippen LogP contribution in [0.1, 0.15) is 0 Å². The molecule has 4 N–H and O–H groups in total. The summed E-state index contributed by atoms with van der Waals surface area (Å²) in [7, 11) is -3.21. The van der Waals surface area contributed by atoms with Crippen molar-refractivity contribution in [3.8, 4) is 0 Å². The molecule has 0 radical (unpaired) electrons. The third-order valence-electron chi connectivity index (χ3n) is 2.65. The van der Waals surface area contributed by atoms with Crippen molar-refractivity contribution in [3.63, 3.8) is 0 Å². The standard InChI is InChI=1S/C7H8BrNO2S.C7H8BrNS/c1-12(10,11)6-4-2-3-5(8)7(6)9;1-10-6-4-2-3-5(8)7(6)9/h2-4H,9H2,1H3;2-4H,9H2,1H3. The van der Waals surface area contributed by atoms with Crippen LogP contribution in [-0.4, -0.2) is 20.9 Å². The topological polar surface area (TPSA) is 86.2 Å². The van der Waals surface area contributed by atoms with Crippen molar-refractivity contribution in [3.05, 3.63) is 45.3 Å². The molecular weight excluding hydrogens is 452 g/mol. The van der Waals surface area contributed by atoms with Crippen LogP contribution in [-0.2, 0) is 9.84 Å². The number of anilines is 2. The van der Waals surface area contributed by atoms with E-state index < -0.39 is 9.84 Å². The van der Waals surface area contributed by atoms with Crippen LogP contribution in [0.4, 0.5) is 11.4 Å². The van der Waals surface area contributed by atoms with Gasteiger partial charge in [-0.1, -0.05) is 12.1 Å². The van der Waals surface area contributed by atoms with Gasteiger partial charge in [0.2, 0.25) is 0 Å². The number of para-hydroxylation sites is 2. The monoisotopic (exact) mass is 466 g/mol. The average molecular weight is 468 g/mol. The van der Waals surface area contributed by atoms with Gasteiger partial charge in [-0.3, -0.25) is 0 Å². The summed E-state index contributed by atoms with van der Waals surface area (Å²) in [5, 5.41) is 0. The lowest BCUT2D eigenvalue weighted by Crippen LogP contribution is -2.02. The van der Waals surface area contributed by atoms with E-state index in [2.05, 4.69) is 31.9 Å². The lowest BCUT2D eigenvalue weighted by Gasteiger charge is -2.03. The van der Waals surface area contributed by atoms with Gasteiger partial charge in [-0.2, -0.15) is 0 Å². The number of rotatable bonds is 2. The molecule has 0 atom stereocenters. The molecule has 0 aromatic heterocycles. The Morgan fingerprint density at radius 3 is 1.86 bits per heavy atom. The van der Waals surface area contributed by atoms with Crippen LogP contribution >= 0.6 is 43.6 Å². The van der Waals surface area contributed by atoms with Crippen LogP contribution < -0.4 is 11.5 Å². The van der Waals surface area contributed by atoms with Crippen LogP contribution in [0.3, 0.4) is 0 Å². The Hall–Kier alpha value is -0.700. The van der Waals surface area contributed by atoms with Crippen molar-refractivity contribution in [1.82, 2.24) is 0 Å². The maximum absolute atomic E-state index is 11.1. The Morgan fingerprint density at radius 1 is 0.955 bits per heavy atom. The number of hydrogen-bond donors (Lipinski definition) is 2. The van der Waals surface area contributed by atoms with E-state index in [0.29, 0.717) is 4.47 Å². The SMILES string of the molecule is CS(=O)(=O)c1cccc(Br)c1N.CSc1cccc(Br)c1N. The van der Waals surface area contributed by atoms with E-state index in [9.17, 15) is 8.42 Å². The van der Waals surface area contributed by atoms with Crippen molar-refractivity contribution in [2.45, 2.75) is 9.79 Å². The van der Waals surface area contributed by atoms with Gasteiger partial charge >= 0.3 is 0 Å². The quantitative estimate of drug-likeness (QED) is 0.510. The molecule has 22 heavy (non-hydrogen) atoms. The highest BCUT2D eigenvalue weighted by Crippen LogP contribution is 2.29. The Balaban J connectivity index is 0.000000224. The van der Waals surface area contributed by atoms with E-state index in [4.69, 9.17) is 11.5 Å². The molecule has 2 rings (SSSR count). The van der Waals surface area contributed by atoms with Gasteiger partial charge < -0.3 is 11.5 Å². The minimum atomic E-state index is -3.21. The molecule has 0 amide bonds. The Labute approximate surface area is 151 Å². The molecule has 0 heterocycles. The second-order valence-electron chi connectivity index (χ2n) is 4.28. The van der Waals surface area contributed by atoms with Crippen LogP contribution in [0, 0.1) is 0 Å². The minimum absolute atomic E-state index is 0.164. The fraction of sp³-hybridized carbons (Fsp3) is 0.143. The van der Waals surface area contributed by atoms with E-state index in [1.807, 2.05) is 24.5 Å². The molecule has 2 aromatic rings. The largest absolute Gasteiger partial charge is 0.397 e. The summed E-state index contributed by atoms with van der Waals surface area (Å²) < 4.78 is 23.8. The smallest absolute Gasteiger partial charge is 0.177 e. The summed E-state index contributed by atoms with van der Waals surface area (Å²) in [5.74, 6) is 0. The Morgan fingerprint density at radius 2 is 1.45 bits per heavy atom. The number of halogens is 2. The van der Waals surface area contributed by atoms with E-state index in [1.54, 1.807) is 23.9 Å². The number of nitrogens with two attached hydrogens (primary N) is 2. The van der Waals surface area contributed by atoms with Crippen LogP contribution in [0.15, 0.2) is 55.1 Å². The molecule has 120 valence electrons. The predicted octanol–water partition coefficient (Wildman–Crippen LogP) is 4.19. The number of nitrogen functional groups attached to an aromatic ring is 2. The van der Waals surface area contributed by atoms with Gasteiger partial charge in [0.25, 0.3) is 0 Å². The first kappa shape index (κ1) is 19.3. The van der Waals surface area contributed by atoms with Gasteiger partial charge in [0.1, 0.15) is 0 Å². The molecule has 4 nitrogen and oxygen atoms in total. The average Bonchev–Trinajstić information content (AvgIpc) is 2.44. The number of thioether (sulfide) groups is 1. The zero-order valence-electron chi connectivity index (χ0n) is 12.0. The van der Waals surface area contributed by atoms with Crippen LogP contribution in [0.2, 0.25) is 0 Å². The second-order valence-corrected chi connectivity index (χ2v) is 8.82. The molecule has 0 aliphatic carbocycles. The fourth-order valence-corrected chi connectivity index (χ4v) is 3.91. The van der Waals surface area contributed by atoms with Crippen molar-refractivity contribution >= 4 is 64.8 Å². The maximum Gasteiger partial charge on any atom is 0.177 e. The van der Waals surface area contributed by atoms with Gasteiger partial charge in [-0.05, 0) is 62.4 Å². The van der Waals surface area contributed by atoms with E-state index in [-0.39, 0.29) is 10.6 Å². The first-order valence-corrected chi connectivity index (χ1v) is 10.7.